The molecule has 1 amide bonds. The van der Waals surface area contributed by atoms with Crippen LogP contribution in [0.4, 0.5) is 11.5 Å². The number of aryl methyl sites for hydroxylation is 1. The van der Waals surface area contributed by atoms with Gasteiger partial charge in [-0.1, -0.05) is 6.07 Å². The molecule has 1 aliphatic rings. The molecule has 0 unspecified atom stereocenters. The molecule has 9 heteroatoms. The predicted octanol–water partition coefficient (Wildman–Crippen LogP) is 2.77. The Morgan fingerprint density at radius 3 is 2.58 bits per heavy atom. The maximum Gasteiger partial charge on any atom is 0.227 e. The molecule has 1 aromatic carbocycles. The van der Waals surface area contributed by atoms with Gasteiger partial charge in [-0.2, -0.15) is 5.10 Å². The van der Waals surface area contributed by atoms with Gasteiger partial charge in [0.2, 0.25) is 5.91 Å². The van der Waals surface area contributed by atoms with Crippen LogP contribution < -0.4 is 10.2 Å². The monoisotopic (exact) mass is 414 g/mol. The molecule has 1 saturated heterocycles. The van der Waals surface area contributed by atoms with Gasteiger partial charge in [-0.15, -0.1) is 10.2 Å². The number of hydrogen-bond donors (Lipinski definition) is 1. The average molecular weight is 414 g/mol. The fourth-order valence-corrected chi connectivity index (χ4v) is 3.91. The lowest BCUT2D eigenvalue weighted by Gasteiger charge is -2.31. The highest BCUT2D eigenvalue weighted by atomic mass is 16.1. The summed E-state index contributed by atoms with van der Waals surface area (Å²) in [6.45, 7) is 3.47. The molecule has 3 aromatic heterocycles. The predicted molar refractivity (Wildman–Crippen MR) is 117 cm³/mol. The molecule has 31 heavy (non-hydrogen) atoms. The third-order valence-electron chi connectivity index (χ3n) is 5.61. The lowest BCUT2D eigenvalue weighted by Crippen LogP contribution is -2.38. The molecule has 5 rings (SSSR count). The topological polar surface area (TPSA) is 102 Å². The number of hydrogen-bond acceptors (Lipinski definition) is 7. The summed E-state index contributed by atoms with van der Waals surface area (Å²) >= 11 is 0. The van der Waals surface area contributed by atoms with Crippen molar-refractivity contribution in [2.45, 2.75) is 19.8 Å². The van der Waals surface area contributed by atoms with Crippen molar-refractivity contribution < 1.29 is 4.79 Å². The molecule has 0 atom stereocenters. The van der Waals surface area contributed by atoms with Crippen LogP contribution in [0.5, 0.6) is 0 Å². The molecule has 0 saturated carbocycles. The van der Waals surface area contributed by atoms with Gasteiger partial charge in [0.05, 0.1) is 11.2 Å². The van der Waals surface area contributed by atoms with E-state index in [4.69, 9.17) is 0 Å². The Kier molecular flexibility index (Phi) is 4.99. The highest BCUT2D eigenvalue weighted by Crippen LogP contribution is 2.26. The van der Waals surface area contributed by atoms with Gasteiger partial charge in [0.15, 0.2) is 11.6 Å². The number of aromatic nitrogens is 6. The summed E-state index contributed by atoms with van der Waals surface area (Å²) < 4.78 is 1.57. The molecule has 0 radical (unpaired) electrons. The van der Waals surface area contributed by atoms with Gasteiger partial charge in [0.25, 0.3) is 0 Å². The van der Waals surface area contributed by atoms with Crippen LogP contribution in [0.1, 0.15) is 18.5 Å². The number of piperidine rings is 1. The number of amides is 1. The van der Waals surface area contributed by atoms with Gasteiger partial charge in [-0.25, -0.2) is 9.67 Å². The smallest absolute Gasteiger partial charge is 0.227 e. The highest BCUT2D eigenvalue weighted by Gasteiger charge is 2.26. The number of pyridine rings is 1. The Labute approximate surface area is 179 Å². The average Bonchev–Trinajstić information content (AvgIpc) is 3.34. The quantitative estimate of drug-likeness (QED) is 0.548. The summed E-state index contributed by atoms with van der Waals surface area (Å²) in [7, 11) is 0. The first-order chi connectivity index (χ1) is 15.2. The van der Waals surface area contributed by atoms with Gasteiger partial charge in [-0.3, -0.25) is 9.78 Å². The lowest BCUT2D eigenvalue weighted by atomic mass is 9.95. The first kappa shape index (κ1) is 19.1. The molecule has 0 aliphatic carbocycles. The van der Waals surface area contributed by atoms with Crippen molar-refractivity contribution in [3.8, 4) is 5.82 Å². The van der Waals surface area contributed by atoms with E-state index < -0.39 is 0 Å². The van der Waals surface area contributed by atoms with Crippen LogP contribution in [0.3, 0.4) is 0 Å². The summed E-state index contributed by atoms with van der Waals surface area (Å²) in [6.07, 6.45) is 4.57. The van der Waals surface area contributed by atoms with E-state index in [0.717, 1.165) is 54.0 Å². The van der Waals surface area contributed by atoms with Crippen molar-refractivity contribution in [1.82, 2.24) is 29.9 Å². The minimum absolute atomic E-state index is 0.0349. The molecule has 1 fully saturated rings. The van der Waals surface area contributed by atoms with Gasteiger partial charge in [0, 0.05) is 30.1 Å². The van der Waals surface area contributed by atoms with Crippen molar-refractivity contribution in [1.29, 1.82) is 0 Å². The SMILES string of the molecule is Cc1ccc2c(NC(=O)C3CCN(c4ccc(-n5cncn5)nn4)CC3)cccc2n1. The fourth-order valence-electron chi connectivity index (χ4n) is 3.91. The summed E-state index contributed by atoms with van der Waals surface area (Å²) in [5.41, 5.74) is 2.66. The fraction of sp³-hybridized carbons (Fsp3) is 0.273. The molecular formula is C22H22N8O. The van der Waals surface area contributed by atoms with Gasteiger partial charge >= 0.3 is 0 Å². The number of carbonyl (C=O) groups is 1. The minimum Gasteiger partial charge on any atom is -0.355 e. The van der Waals surface area contributed by atoms with Crippen molar-refractivity contribution in [3.05, 3.63) is 60.8 Å². The Balaban J connectivity index is 1.22. The van der Waals surface area contributed by atoms with Gasteiger partial charge in [-0.05, 0) is 56.2 Å². The maximum absolute atomic E-state index is 12.9. The normalized spacial score (nSPS) is 14.7. The molecule has 0 spiro atoms. The Bertz CT molecular complexity index is 1200. The molecular weight excluding hydrogens is 392 g/mol. The van der Waals surface area contributed by atoms with Crippen LogP contribution in [0.2, 0.25) is 0 Å². The van der Waals surface area contributed by atoms with Crippen molar-refractivity contribution >= 4 is 28.3 Å². The Morgan fingerprint density at radius 2 is 1.84 bits per heavy atom. The number of nitrogens with one attached hydrogen (secondary N) is 1. The number of fused-ring (bicyclic) bond motifs is 1. The van der Waals surface area contributed by atoms with E-state index in [1.54, 1.807) is 11.0 Å². The van der Waals surface area contributed by atoms with E-state index in [1.165, 1.54) is 6.33 Å². The summed E-state index contributed by atoms with van der Waals surface area (Å²) in [4.78, 5) is 23.5. The van der Waals surface area contributed by atoms with Crippen LogP contribution in [0, 0.1) is 12.8 Å². The van der Waals surface area contributed by atoms with Crippen LogP contribution in [0.15, 0.2) is 55.1 Å². The first-order valence-electron chi connectivity index (χ1n) is 10.3. The molecule has 9 nitrogen and oxygen atoms in total. The second-order valence-corrected chi connectivity index (χ2v) is 7.67. The minimum atomic E-state index is -0.0349. The van der Waals surface area contributed by atoms with Gasteiger partial charge in [0.1, 0.15) is 12.7 Å². The van der Waals surface area contributed by atoms with Crippen molar-refractivity contribution in [3.63, 3.8) is 0 Å². The first-order valence-corrected chi connectivity index (χ1v) is 10.3. The van der Waals surface area contributed by atoms with E-state index >= 15 is 0 Å². The molecule has 4 heterocycles. The number of anilines is 2. The van der Waals surface area contributed by atoms with Gasteiger partial charge < -0.3 is 10.2 Å². The van der Waals surface area contributed by atoms with E-state index in [-0.39, 0.29) is 11.8 Å². The number of nitrogens with zero attached hydrogens (tertiary/aromatic N) is 7. The zero-order valence-electron chi connectivity index (χ0n) is 17.1. The lowest BCUT2D eigenvalue weighted by molar-refractivity contribution is -0.120. The second-order valence-electron chi connectivity index (χ2n) is 7.67. The molecule has 156 valence electrons. The van der Waals surface area contributed by atoms with Crippen molar-refractivity contribution in [2.75, 3.05) is 23.3 Å². The molecule has 4 aromatic rings. The Morgan fingerprint density at radius 1 is 1.03 bits per heavy atom. The largest absolute Gasteiger partial charge is 0.355 e. The van der Waals surface area contributed by atoms with Crippen molar-refractivity contribution in [2.24, 2.45) is 5.92 Å². The zero-order valence-corrected chi connectivity index (χ0v) is 17.1. The number of carbonyl (C=O) groups excluding carboxylic acids is 1. The zero-order chi connectivity index (χ0) is 21.2. The van der Waals surface area contributed by atoms with Crippen LogP contribution in [-0.2, 0) is 4.79 Å². The molecule has 1 aliphatic heterocycles. The van der Waals surface area contributed by atoms with E-state index in [9.17, 15) is 4.79 Å². The summed E-state index contributed by atoms with van der Waals surface area (Å²) in [5, 5.41) is 16.7. The van der Waals surface area contributed by atoms with Crippen LogP contribution in [0.25, 0.3) is 16.7 Å². The number of rotatable bonds is 4. The standard InChI is InChI=1S/C22H22N8O/c1-15-5-6-17-18(25-15)3-2-4-19(17)26-22(31)16-9-11-29(12-10-16)20-7-8-21(28-27-20)30-14-23-13-24-30/h2-8,13-14,16H,9-12H2,1H3,(H,26,31). The third kappa shape index (κ3) is 3.94. The summed E-state index contributed by atoms with van der Waals surface area (Å²) in [5.74, 6) is 1.45. The molecule has 0 bridgehead atoms. The maximum atomic E-state index is 12.9. The summed E-state index contributed by atoms with van der Waals surface area (Å²) in [6, 6.07) is 13.6. The highest BCUT2D eigenvalue weighted by molar-refractivity contribution is 6.01. The van der Waals surface area contributed by atoms with E-state index in [0.29, 0.717) is 5.82 Å². The molecule has 1 N–H and O–H groups in total. The van der Waals surface area contributed by atoms with E-state index in [1.807, 2.05) is 49.4 Å². The van der Waals surface area contributed by atoms with E-state index in [2.05, 4.69) is 35.5 Å². The van der Waals surface area contributed by atoms with Crippen LogP contribution in [-0.4, -0.2) is 48.9 Å². The number of benzene rings is 1. The second kappa shape index (κ2) is 8.10. The van der Waals surface area contributed by atoms with Crippen LogP contribution >= 0.6 is 0 Å². The Hall–Kier alpha value is -3.88. The third-order valence-corrected chi connectivity index (χ3v) is 5.61.